The van der Waals surface area contributed by atoms with Gasteiger partial charge in [0, 0.05) is 10.6 Å². The van der Waals surface area contributed by atoms with Crippen molar-refractivity contribution in [2.75, 3.05) is 0 Å². The predicted octanol–water partition coefficient (Wildman–Crippen LogP) is 3.44. The van der Waals surface area contributed by atoms with Crippen LogP contribution in [0.25, 0.3) is 11.5 Å². The average molecular weight is 243 g/mol. The van der Waals surface area contributed by atoms with Crippen molar-refractivity contribution in [3.63, 3.8) is 0 Å². The molecule has 2 rings (SSSR count). The summed E-state index contributed by atoms with van der Waals surface area (Å²) >= 11 is 11.6. The first-order chi connectivity index (χ1) is 7.20. The number of hydrogen-bond donors (Lipinski definition) is 0. The smallest absolute Gasteiger partial charge is 0.247 e. The zero-order valence-electron chi connectivity index (χ0n) is 8.00. The maximum absolute atomic E-state index is 5.99. The molecule has 0 bridgehead atoms. The summed E-state index contributed by atoms with van der Waals surface area (Å²) in [7, 11) is 0. The van der Waals surface area contributed by atoms with Crippen molar-refractivity contribution in [3.05, 3.63) is 34.7 Å². The highest BCUT2D eigenvalue weighted by Crippen LogP contribution is 2.24. The lowest BCUT2D eigenvalue weighted by molar-refractivity contribution is 0.527. The van der Waals surface area contributed by atoms with E-state index in [1.54, 1.807) is 6.07 Å². The van der Waals surface area contributed by atoms with Crippen LogP contribution in [-0.2, 0) is 5.88 Å². The second-order valence-electron chi connectivity index (χ2n) is 3.10. The lowest BCUT2D eigenvalue weighted by Crippen LogP contribution is -1.80. The second kappa shape index (κ2) is 4.21. The van der Waals surface area contributed by atoms with Crippen molar-refractivity contribution in [1.82, 2.24) is 10.2 Å². The van der Waals surface area contributed by atoms with E-state index < -0.39 is 0 Å². The quantitative estimate of drug-likeness (QED) is 0.758. The molecule has 0 aliphatic heterocycles. The Hall–Kier alpha value is -1.06. The Balaban J connectivity index is 2.40. The SMILES string of the molecule is Cc1ccc(-c2nnc(CCl)o2)cc1Cl. The molecule has 0 saturated heterocycles. The van der Waals surface area contributed by atoms with Crippen LogP contribution in [0.2, 0.25) is 5.02 Å². The third kappa shape index (κ3) is 2.13. The highest BCUT2D eigenvalue weighted by molar-refractivity contribution is 6.31. The van der Waals surface area contributed by atoms with Crippen LogP contribution in [-0.4, -0.2) is 10.2 Å². The molecular weight excluding hydrogens is 235 g/mol. The summed E-state index contributed by atoms with van der Waals surface area (Å²) in [5.74, 6) is 1.06. The molecule has 0 radical (unpaired) electrons. The van der Waals surface area contributed by atoms with E-state index in [1.807, 2.05) is 19.1 Å². The molecule has 2 aromatic rings. The number of benzene rings is 1. The van der Waals surface area contributed by atoms with E-state index in [0.717, 1.165) is 11.1 Å². The molecule has 1 aromatic carbocycles. The van der Waals surface area contributed by atoms with Crippen LogP contribution >= 0.6 is 23.2 Å². The fraction of sp³-hybridized carbons (Fsp3) is 0.200. The molecule has 0 N–H and O–H groups in total. The molecule has 0 unspecified atom stereocenters. The molecule has 0 fully saturated rings. The molecular formula is C10H8Cl2N2O. The fourth-order valence-electron chi connectivity index (χ4n) is 1.15. The van der Waals surface area contributed by atoms with Gasteiger partial charge in [0.1, 0.15) is 5.88 Å². The molecule has 1 heterocycles. The van der Waals surface area contributed by atoms with E-state index in [-0.39, 0.29) is 5.88 Å². The van der Waals surface area contributed by atoms with Gasteiger partial charge in [-0.15, -0.1) is 21.8 Å². The number of aryl methyl sites for hydroxylation is 1. The van der Waals surface area contributed by atoms with Crippen molar-refractivity contribution in [3.8, 4) is 11.5 Å². The minimum atomic E-state index is 0.215. The van der Waals surface area contributed by atoms with E-state index in [2.05, 4.69) is 10.2 Å². The molecule has 0 saturated carbocycles. The summed E-state index contributed by atoms with van der Waals surface area (Å²) in [6.45, 7) is 1.93. The van der Waals surface area contributed by atoms with Gasteiger partial charge in [0.05, 0.1) is 0 Å². The van der Waals surface area contributed by atoms with Crippen molar-refractivity contribution in [2.45, 2.75) is 12.8 Å². The van der Waals surface area contributed by atoms with Gasteiger partial charge >= 0.3 is 0 Å². The van der Waals surface area contributed by atoms with Crippen LogP contribution in [0.3, 0.4) is 0 Å². The van der Waals surface area contributed by atoms with E-state index >= 15 is 0 Å². The first kappa shape index (κ1) is 10.5. The molecule has 0 spiro atoms. The summed E-state index contributed by atoms with van der Waals surface area (Å²) in [5.41, 5.74) is 1.81. The molecule has 0 aliphatic rings. The molecule has 0 amide bonds. The van der Waals surface area contributed by atoms with Crippen LogP contribution < -0.4 is 0 Å². The van der Waals surface area contributed by atoms with Crippen LogP contribution in [0.15, 0.2) is 22.6 Å². The number of alkyl halides is 1. The zero-order chi connectivity index (χ0) is 10.8. The normalized spacial score (nSPS) is 10.6. The largest absolute Gasteiger partial charge is 0.419 e. The predicted molar refractivity (Wildman–Crippen MR) is 59.0 cm³/mol. The van der Waals surface area contributed by atoms with E-state index in [1.165, 1.54) is 0 Å². The van der Waals surface area contributed by atoms with E-state index in [4.69, 9.17) is 27.6 Å². The maximum Gasteiger partial charge on any atom is 0.247 e. The van der Waals surface area contributed by atoms with E-state index in [0.29, 0.717) is 16.8 Å². The number of hydrogen-bond acceptors (Lipinski definition) is 3. The van der Waals surface area contributed by atoms with Crippen molar-refractivity contribution >= 4 is 23.2 Å². The number of halogens is 2. The molecule has 78 valence electrons. The van der Waals surface area contributed by atoms with Crippen molar-refractivity contribution in [1.29, 1.82) is 0 Å². The van der Waals surface area contributed by atoms with Crippen LogP contribution in [0.5, 0.6) is 0 Å². The highest BCUT2D eigenvalue weighted by Gasteiger charge is 2.08. The van der Waals surface area contributed by atoms with Gasteiger partial charge in [0.2, 0.25) is 11.8 Å². The number of nitrogens with zero attached hydrogens (tertiary/aromatic N) is 2. The van der Waals surface area contributed by atoms with Gasteiger partial charge < -0.3 is 4.42 Å². The molecule has 0 atom stereocenters. The van der Waals surface area contributed by atoms with Gasteiger partial charge in [-0.05, 0) is 24.6 Å². The lowest BCUT2D eigenvalue weighted by Gasteiger charge is -1.98. The van der Waals surface area contributed by atoms with Gasteiger partial charge in [-0.25, -0.2) is 0 Å². The Morgan fingerprint density at radius 3 is 2.73 bits per heavy atom. The standard InChI is InChI=1S/C10H8Cl2N2O/c1-6-2-3-7(4-8(6)12)10-14-13-9(5-11)15-10/h2-4H,5H2,1H3. The van der Waals surface area contributed by atoms with Crippen LogP contribution in [0.4, 0.5) is 0 Å². The minimum Gasteiger partial charge on any atom is -0.419 e. The summed E-state index contributed by atoms with van der Waals surface area (Å²) in [4.78, 5) is 0. The van der Waals surface area contributed by atoms with E-state index in [9.17, 15) is 0 Å². The van der Waals surface area contributed by atoms with Gasteiger partial charge in [0.25, 0.3) is 0 Å². The summed E-state index contributed by atoms with van der Waals surface area (Å²) in [6, 6.07) is 5.58. The van der Waals surface area contributed by atoms with Crippen LogP contribution in [0, 0.1) is 6.92 Å². The summed E-state index contributed by atoms with van der Waals surface area (Å²) in [5, 5.41) is 8.32. The Morgan fingerprint density at radius 1 is 1.33 bits per heavy atom. The van der Waals surface area contributed by atoms with Crippen LogP contribution in [0.1, 0.15) is 11.5 Å². The fourth-order valence-corrected chi connectivity index (χ4v) is 1.44. The van der Waals surface area contributed by atoms with Crippen molar-refractivity contribution in [2.24, 2.45) is 0 Å². The average Bonchev–Trinajstić information content (AvgIpc) is 2.70. The number of aromatic nitrogens is 2. The van der Waals surface area contributed by atoms with Crippen molar-refractivity contribution < 1.29 is 4.42 Å². The maximum atomic E-state index is 5.99. The number of rotatable bonds is 2. The van der Waals surface area contributed by atoms with Gasteiger partial charge in [-0.1, -0.05) is 17.7 Å². The first-order valence-electron chi connectivity index (χ1n) is 4.35. The molecule has 3 nitrogen and oxygen atoms in total. The Labute approximate surface area is 97.0 Å². The topological polar surface area (TPSA) is 38.9 Å². The van der Waals surface area contributed by atoms with Gasteiger partial charge in [-0.2, -0.15) is 0 Å². The van der Waals surface area contributed by atoms with Gasteiger partial charge in [-0.3, -0.25) is 0 Å². The van der Waals surface area contributed by atoms with Gasteiger partial charge in [0.15, 0.2) is 0 Å². The third-order valence-electron chi connectivity index (χ3n) is 2.00. The third-order valence-corrected chi connectivity index (χ3v) is 2.64. The first-order valence-corrected chi connectivity index (χ1v) is 5.27. The molecule has 1 aromatic heterocycles. The molecule has 0 aliphatic carbocycles. The summed E-state index contributed by atoms with van der Waals surface area (Å²) in [6.07, 6.45) is 0. The minimum absolute atomic E-state index is 0.215. The highest BCUT2D eigenvalue weighted by atomic mass is 35.5. The lowest BCUT2D eigenvalue weighted by atomic mass is 10.1. The molecule has 5 heteroatoms. The Morgan fingerprint density at radius 2 is 2.13 bits per heavy atom. The Kier molecular flexibility index (Phi) is 2.93. The Bertz CT molecular complexity index is 482. The monoisotopic (exact) mass is 242 g/mol. The summed E-state index contributed by atoms with van der Waals surface area (Å²) < 4.78 is 5.30. The zero-order valence-corrected chi connectivity index (χ0v) is 9.51. The molecule has 15 heavy (non-hydrogen) atoms. The second-order valence-corrected chi connectivity index (χ2v) is 3.77.